The van der Waals surface area contributed by atoms with Crippen molar-refractivity contribution in [3.63, 3.8) is 0 Å². The fourth-order valence-electron chi connectivity index (χ4n) is 2.87. The van der Waals surface area contributed by atoms with Crippen LogP contribution in [-0.2, 0) is 0 Å². The van der Waals surface area contributed by atoms with Crippen molar-refractivity contribution in [2.75, 3.05) is 26.2 Å². The third kappa shape index (κ3) is 6.55. The predicted octanol–water partition coefficient (Wildman–Crippen LogP) is 4.45. The summed E-state index contributed by atoms with van der Waals surface area (Å²) < 4.78 is 28.2. The molecule has 1 heterocycles. The minimum atomic E-state index is -1.41. The molecule has 1 aromatic rings. The summed E-state index contributed by atoms with van der Waals surface area (Å²) in [6.07, 6.45) is 1.85. The minimum Gasteiger partial charge on any atom is -0.349 e. The van der Waals surface area contributed by atoms with E-state index in [9.17, 15) is 13.6 Å². The first-order valence-electron chi connectivity index (χ1n) is 8.72. The quantitative estimate of drug-likeness (QED) is 0.828. The molecule has 0 spiro atoms. The summed E-state index contributed by atoms with van der Waals surface area (Å²) >= 11 is 5.75. The molecule has 1 aromatic carbocycles. The third-order valence-corrected chi connectivity index (χ3v) is 4.84. The number of rotatable bonds is 5. The van der Waals surface area contributed by atoms with E-state index in [0.29, 0.717) is 25.9 Å². The first-order valence-corrected chi connectivity index (χ1v) is 9.10. The summed E-state index contributed by atoms with van der Waals surface area (Å²) in [5.74, 6) is -1.09. The molecule has 1 saturated heterocycles. The Labute approximate surface area is 153 Å². The average Bonchev–Trinajstić information content (AvgIpc) is 2.50. The number of nitrogens with zero attached hydrogens (tertiary/aromatic N) is 1. The zero-order valence-corrected chi connectivity index (χ0v) is 15.9. The number of nitrogens with one attached hydrogen (secondary N) is 1. The Hall–Kier alpha value is -1.20. The van der Waals surface area contributed by atoms with E-state index in [4.69, 9.17) is 11.6 Å². The van der Waals surface area contributed by atoms with E-state index in [1.807, 2.05) is 0 Å². The summed E-state index contributed by atoms with van der Waals surface area (Å²) in [6, 6.07) is 3.60. The lowest BCUT2D eigenvalue weighted by atomic mass is 9.90. The van der Waals surface area contributed by atoms with Gasteiger partial charge in [-0.25, -0.2) is 8.78 Å². The molecule has 1 aliphatic rings. The van der Waals surface area contributed by atoms with Crippen molar-refractivity contribution in [3.8, 4) is 0 Å². The summed E-state index contributed by atoms with van der Waals surface area (Å²) in [5.41, 5.74) is -1.04. The van der Waals surface area contributed by atoms with E-state index in [1.54, 1.807) is 0 Å². The number of likely N-dealkylation sites (tertiary alicyclic amines) is 1. The van der Waals surface area contributed by atoms with E-state index < -0.39 is 17.4 Å². The lowest BCUT2D eigenvalue weighted by Crippen LogP contribution is -2.48. The van der Waals surface area contributed by atoms with Gasteiger partial charge in [0.15, 0.2) is 0 Å². The molecule has 1 N–H and O–H groups in total. The van der Waals surface area contributed by atoms with Crippen LogP contribution in [0.2, 0.25) is 5.02 Å². The number of hydrogen-bond donors (Lipinski definition) is 1. The van der Waals surface area contributed by atoms with Gasteiger partial charge in [0.2, 0.25) is 0 Å². The number of amides is 1. The van der Waals surface area contributed by atoms with E-state index in [-0.39, 0.29) is 22.5 Å². The highest BCUT2D eigenvalue weighted by atomic mass is 35.5. The number of benzene rings is 1. The van der Waals surface area contributed by atoms with Gasteiger partial charge in [-0.3, -0.25) is 4.79 Å². The minimum absolute atomic E-state index is 0.0624. The van der Waals surface area contributed by atoms with Crippen molar-refractivity contribution >= 4 is 17.5 Å². The fraction of sp³-hybridized carbons (Fsp3) is 0.632. The van der Waals surface area contributed by atoms with E-state index >= 15 is 0 Å². The normalized spacial score (nSPS) is 18.2. The Bertz CT molecular complexity index is 588. The molecular formula is C19H27ClF2N2O. The van der Waals surface area contributed by atoms with Gasteiger partial charge in [-0.05, 0) is 49.4 Å². The molecule has 1 aliphatic heterocycles. The van der Waals surface area contributed by atoms with Gasteiger partial charge in [-0.15, -0.1) is 0 Å². The Kier molecular flexibility index (Phi) is 6.44. The Morgan fingerprint density at radius 2 is 1.92 bits per heavy atom. The zero-order chi connectivity index (χ0) is 18.7. The Morgan fingerprint density at radius 3 is 2.48 bits per heavy atom. The second-order valence-corrected chi connectivity index (χ2v) is 8.58. The molecule has 1 amide bonds. The van der Waals surface area contributed by atoms with Crippen LogP contribution in [0.15, 0.2) is 18.2 Å². The maximum Gasteiger partial charge on any atom is 0.251 e. The van der Waals surface area contributed by atoms with Gasteiger partial charge >= 0.3 is 0 Å². The number of alkyl halides is 1. The second-order valence-electron chi connectivity index (χ2n) is 8.14. The van der Waals surface area contributed by atoms with Crippen LogP contribution in [-0.4, -0.2) is 42.7 Å². The molecule has 0 unspecified atom stereocenters. The number of halogens is 3. The van der Waals surface area contributed by atoms with E-state index in [1.165, 1.54) is 6.07 Å². The molecule has 0 radical (unpaired) electrons. The highest BCUT2D eigenvalue weighted by Gasteiger charge is 2.35. The average molecular weight is 373 g/mol. The fourth-order valence-corrected chi connectivity index (χ4v) is 3.10. The maximum absolute atomic E-state index is 14.9. The number of hydrogen-bond acceptors (Lipinski definition) is 2. The van der Waals surface area contributed by atoms with Crippen molar-refractivity contribution in [2.45, 2.75) is 45.7 Å². The molecule has 140 valence electrons. The number of carbonyl (C=O) groups is 1. The Balaban J connectivity index is 1.82. The van der Waals surface area contributed by atoms with Gasteiger partial charge in [0.1, 0.15) is 11.5 Å². The van der Waals surface area contributed by atoms with Crippen molar-refractivity contribution in [1.29, 1.82) is 0 Å². The van der Waals surface area contributed by atoms with Crippen molar-refractivity contribution in [3.05, 3.63) is 34.6 Å². The van der Waals surface area contributed by atoms with Gasteiger partial charge in [-0.2, -0.15) is 0 Å². The molecule has 6 heteroatoms. The molecule has 0 saturated carbocycles. The topological polar surface area (TPSA) is 32.3 Å². The summed E-state index contributed by atoms with van der Waals surface area (Å²) in [4.78, 5) is 14.4. The van der Waals surface area contributed by atoms with Gasteiger partial charge in [0.05, 0.1) is 6.54 Å². The molecule has 0 bridgehead atoms. The van der Waals surface area contributed by atoms with Crippen molar-refractivity contribution in [2.24, 2.45) is 5.41 Å². The standard InChI is InChI=1S/C19H27ClF2N2O/c1-18(2,3)4-7-24-8-5-19(22,6-9-24)13-23-17(25)14-10-15(20)12-16(21)11-14/h10-12H,4-9,13H2,1-3H3,(H,23,25). The van der Waals surface area contributed by atoms with Crippen LogP contribution in [0.4, 0.5) is 8.78 Å². The number of carbonyl (C=O) groups excluding carboxylic acids is 1. The predicted molar refractivity (Wildman–Crippen MR) is 97.3 cm³/mol. The van der Waals surface area contributed by atoms with Gasteiger partial charge in [-0.1, -0.05) is 32.4 Å². The summed E-state index contributed by atoms with van der Waals surface area (Å²) in [7, 11) is 0. The van der Waals surface area contributed by atoms with Crippen molar-refractivity contribution < 1.29 is 13.6 Å². The lowest BCUT2D eigenvalue weighted by Gasteiger charge is -2.37. The SMILES string of the molecule is CC(C)(C)CCN1CCC(F)(CNC(=O)c2cc(F)cc(Cl)c2)CC1. The third-order valence-electron chi connectivity index (χ3n) is 4.62. The second kappa shape index (κ2) is 8.00. The monoisotopic (exact) mass is 372 g/mol. The molecular weight excluding hydrogens is 346 g/mol. The largest absolute Gasteiger partial charge is 0.349 e. The van der Waals surface area contributed by atoms with Gasteiger partial charge in [0.25, 0.3) is 5.91 Å². The zero-order valence-electron chi connectivity index (χ0n) is 15.2. The molecule has 2 rings (SSSR count). The number of piperidine rings is 1. The van der Waals surface area contributed by atoms with Gasteiger partial charge < -0.3 is 10.2 Å². The van der Waals surface area contributed by atoms with E-state index in [2.05, 4.69) is 31.0 Å². The van der Waals surface area contributed by atoms with Crippen LogP contribution < -0.4 is 5.32 Å². The molecule has 0 atom stereocenters. The summed E-state index contributed by atoms with van der Waals surface area (Å²) in [6.45, 7) is 8.88. The van der Waals surface area contributed by atoms with Crippen LogP contribution in [0.1, 0.15) is 50.4 Å². The lowest BCUT2D eigenvalue weighted by molar-refractivity contribution is 0.0508. The van der Waals surface area contributed by atoms with E-state index in [0.717, 1.165) is 25.1 Å². The molecule has 0 aliphatic carbocycles. The first kappa shape index (κ1) is 20.1. The van der Waals surface area contributed by atoms with Crippen LogP contribution in [0.3, 0.4) is 0 Å². The van der Waals surface area contributed by atoms with Crippen LogP contribution >= 0.6 is 11.6 Å². The maximum atomic E-state index is 14.9. The molecule has 0 aromatic heterocycles. The smallest absolute Gasteiger partial charge is 0.251 e. The highest BCUT2D eigenvalue weighted by Crippen LogP contribution is 2.27. The van der Waals surface area contributed by atoms with Crippen LogP contribution in [0.25, 0.3) is 0 Å². The molecule has 1 fully saturated rings. The van der Waals surface area contributed by atoms with Gasteiger partial charge in [0, 0.05) is 23.7 Å². The van der Waals surface area contributed by atoms with Crippen molar-refractivity contribution in [1.82, 2.24) is 10.2 Å². The Morgan fingerprint density at radius 1 is 1.28 bits per heavy atom. The first-order chi connectivity index (χ1) is 11.6. The summed E-state index contributed by atoms with van der Waals surface area (Å²) in [5, 5.41) is 2.72. The molecule has 3 nitrogen and oxygen atoms in total. The van der Waals surface area contributed by atoms with Crippen LogP contribution in [0, 0.1) is 11.2 Å². The molecule has 25 heavy (non-hydrogen) atoms. The highest BCUT2D eigenvalue weighted by molar-refractivity contribution is 6.31. The van der Waals surface area contributed by atoms with Crippen LogP contribution in [0.5, 0.6) is 0 Å².